The molecule has 0 spiro atoms. The molecule has 1 N–H and O–H groups in total. The van der Waals surface area contributed by atoms with Crippen molar-refractivity contribution in [1.29, 1.82) is 0 Å². The molecule has 4 heteroatoms. The molecule has 4 nitrogen and oxygen atoms in total. The average molecular weight is 282 g/mol. The van der Waals surface area contributed by atoms with Gasteiger partial charge in [-0.25, -0.2) is 0 Å². The fourth-order valence-electron chi connectivity index (χ4n) is 4.41. The summed E-state index contributed by atoms with van der Waals surface area (Å²) in [6, 6.07) is 5.60. The van der Waals surface area contributed by atoms with E-state index in [4.69, 9.17) is 0 Å². The molecule has 3 aliphatic rings. The van der Waals surface area contributed by atoms with Crippen molar-refractivity contribution in [2.24, 2.45) is 11.3 Å². The van der Waals surface area contributed by atoms with E-state index in [9.17, 15) is 9.59 Å². The minimum absolute atomic E-state index is 0.0641. The van der Waals surface area contributed by atoms with Crippen LogP contribution in [0.2, 0.25) is 0 Å². The third-order valence-electron chi connectivity index (χ3n) is 5.23. The standard InChI is InChI=1S/C17H18N2O2/c1-9(20)13-15-16(21)18-11-6-4-5-10-7-8-12(17(13,2)3)19(15)14(10)11/h4-8,12-13,15H,1-3H3,(H,18,21). The molecule has 0 aliphatic carbocycles. The van der Waals surface area contributed by atoms with Crippen molar-refractivity contribution >= 4 is 29.1 Å². The zero-order valence-corrected chi connectivity index (χ0v) is 12.4. The van der Waals surface area contributed by atoms with Crippen molar-refractivity contribution < 1.29 is 9.59 Å². The molecule has 0 radical (unpaired) electrons. The lowest BCUT2D eigenvalue weighted by molar-refractivity contribution is -0.128. The summed E-state index contributed by atoms with van der Waals surface area (Å²) < 4.78 is 0. The summed E-state index contributed by atoms with van der Waals surface area (Å²) in [5.41, 5.74) is 2.75. The summed E-state index contributed by atoms with van der Waals surface area (Å²) >= 11 is 0. The Bertz CT molecular complexity index is 705. The van der Waals surface area contributed by atoms with Gasteiger partial charge in [-0.1, -0.05) is 38.1 Å². The van der Waals surface area contributed by atoms with Gasteiger partial charge in [-0.3, -0.25) is 9.59 Å². The van der Waals surface area contributed by atoms with Gasteiger partial charge < -0.3 is 10.2 Å². The van der Waals surface area contributed by atoms with Crippen LogP contribution in [-0.2, 0) is 9.59 Å². The number of carbonyl (C=O) groups is 2. The molecular formula is C17H18N2O2. The van der Waals surface area contributed by atoms with Crippen molar-refractivity contribution in [1.82, 2.24) is 0 Å². The Morgan fingerprint density at radius 3 is 2.81 bits per heavy atom. The van der Waals surface area contributed by atoms with Crippen LogP contribution in [0, 0.1) is 11.3 Å². The predicted molar refractivity (Wildman–Crippen MR) is 82.1 cm³/mol. The summed E-state index contributed by atoms with van der Waals surface area (Å²) in [5, 5.41) is 2.98. The summed E-state index contributed by atoms with van der Waals surface area (Å²) in [5.74, 6) is -0.263. The van der Waals surface area contributed by atoms with Crippen LogP contribution >= 0.6 is 0 Å². The molecular weight excluding hydrogens is 264 g/mol. The second-order valence-corrected chi connectivity index (χ2v) is 6.80. The maximum absolute atomic E-state index is 12.6. The average Bonchev–Trinajstić information content (AvgIpc) is 2.66. The molecule has 3 unspecified atom stereocenters. The molecule has 3 heterocycles. The third-order valence-corrected chi connectivity index (χ3v) is 5.23. The van der Waals surface area contributed by atoms with Gasteiger partial charge in [-0.05, 0) is 18.6 Å². The molecule has 4 rings (SSSR count). The molecule has 3 atom stereocenters. The number of carbonyl (C=O) groups excluding carboxylic acids is 2. The molecule has 0 saturated carbocycles. The lowest BCUT2D eigenvalue weighted by Crippen LogP contribution is -2.50. The minimum Gasteiger partial charge on any atom is -0.350 e. The topological polar surface area (TPSA) is 49.4 Å². The maximum Gasteiger partial charge on any atom is 0.247 e. The number of hydrogen-bond donors (Lipinski definition) is 1. The number of nitrogens with one attached hydrogen (secondary N) is 1. The van der Waals surface area contributed by atoms with Gasteiger partial charge in [-0.15, -0.1) is 0 Å². The Morgan fingerprint density at radius 1 is 1.33 bits per heavy atom. The number of Topliss-reactive ketones (excluding diaryl/α,β-unsaturated/α-hetero) is 1. The van der Waals surface area contributed by atoms with Crippen molar-refractivity contribution in [2.45, 2.75) is 32.9 Å². The molecule has 3 aliphatic heterocycles. The van der Waals surface area contributed by atoms with Gasteiger partial charge in [0.25, 0.3) is 0 Å². The minimum atomic E-state index is -0.402. The molecule has 1 saturated heterocycles. The number of para-hydroxylation sites is 1. The van der Waals surface area contributed by atoms with Gasteiger partial charge in [-0.2, -0.15) is 0 Å². The van der Waals surface area contributed by atoms with Crippen molar-refractivity contribution in [3.8, 4) is 0 Å². The highest BCUT2D eigenvalue weighted by molar-refractivity contribution is 6.09. The van der Waals surface area contributed by atoms with Gasteiger partial charge in [0.1, 0.15) is 11.8 Å². The summed E-state index contributed by atoms with van der Waals surface area (Å²) in [7, 11) is 0. The number of hydrogen-bond acceptors (Lipinski definition) is 3. The zero-order valence-electron chi connectivity index (χ0n) is 12.4. The van der Waals surface area contributed by atoms with Crippen LogP contribution < -0.4 is 10.2 Å². The van der Waals surface area contributed by atoms with Crippen LogP contribution in [0.25, 0.3) is 6.08 Å². The van der Waals surface area contributed by atoms with Gasteiger partial charge in [0, 0.05) is 5.41 Å². The number of rotatable bonds is 1. The quantitative estimate of drug-likeness (QED) is 0.860. The van der Waals surface area contributed by atoms with E-state index in [0.29, 0.717) is 0 Å². The van der Waals surface area contributed by atoms with Crippen LogP contribution in [0.4, 0.5) is 11.4 Å². The maximum atomic E-state index is 12.6. The molecule has 1 amide bonds. The molecule has 1 aromatic rings. The van der Waals surface area contributed by atoms with E-state index >= 15 is 0 Å². The van der Waals surface area contributed by atoms with Crippen LogP contribution in [0.5, 0.6) is 0 Å². The van der Waals surface area contributed by atoms with Gasteiger partial charge in [0.2, 0.25) is 5.91 Å². The summed E-state index contributed by atoms with van der Waals surface area (Å²) in [4.78, 5) is 27.0. The van der Waals surface area contributed by atoms with Crippen molar-refractivity contribution in [3.63, 3.8) is 0 Å². The first-order valence-electron chi connectivity index (χ1n) is 7.34. The van der Waals surface area contributed by atoms with E-state index in [1.807, 2.05) is 18.2 Å². The molecule has 0 aromatic heterocycles. The number of ketones is 1. The highest BCUT2D eigenvalue weighted by atomic mass is 16.2. The van der Waals surface area contributed by atoms with E-state index in [-0.39, 0.29) is 29.1 Å². The fourth-order valence-corrected chi connectivity index (χ4v) is 4.41. The lowest BCUT2D eigenvalue weighted by Gasteiger charge is -2.40. The van der Waals surface area contributed by atoms with E-state index in [0.717, 1.165) is 16.9 Å². The highest BCUT2D eigenvalue weighted by Crippen LogP contribution is 2.54. The molecule has 0 bridgehead atoms. The summed E-state index contributed by atoms with van der Waals surface area (Å²) in [6.07, 6.45) is 4.25. The molecule has 21 heavy (non-hydrogen) atoms. The molecule has 108 valence electrons. The first-order valence-corrected chi connectivity index (χ1v) is 7.34. The van der Waals surface area contributed by atoms with E-state index in [1.54, 1.807) is 6.92 Å². The van der Waals surface area contributed by atoms with Crippen LogP contribution in [-0.4, -0.2) is 23.8 Å². The summed E-state index contributed by atoms with van der Waals surface area (Å²) in [6.45, 7) is 5.78. The van der Waals surface area contributed by atoms with Gasteiger partial charge >= 0.3 is 0 Å². The van der Waals surface area contributed by atoms with Gasteiger partial charge in [0.05, 0.1) is 23.3 Å². The number of anilines is 2. The number of nitrogens with zero attached hydrogens (tertiary/aromatic N) is 1. The normalized spacial score (nSPS) is 30.9. The number of benzene rings is 1. The van der Waals surface area contributed by atoms with E-state index in [1.165, 1.54) is 0 Å². The lowest BCUT2D eigenvalue weighted by atomic mass is 9.72. The number of amides is 1. The Morgan fingerprint density at radius 2 is 2.10 bits per heavy atom. The predicted octanol–water partition coefficient (Wildman–Crippen LogP) is 2.45. The highest BCUT2D eigenvalue weighted by Gasteiger charge is 2.60. The SMILES string of the molecule is CC(=O)C1C2C(=O)Nc3cccc4c3N2C(C=C4)C1(C)C. The van der Waals surface area contributed by atoms with Gasteiger partial charge in [0.15, 0.2) is 0 Å². The Balaban J connectivity index is 2.00. The fraction of sp³-hybridized carbons (Fsp3) is 0.412. The second kappa shape index (κ2) is 3.75. The van der Waals surface area contributed by atoms with E-state index < -0.39 is 6.04 Å². The Kier molecular flexibility index (Phi) is 2.26. The molecule has 1 fully saturated rings. The van der Waals surface area contributed by atoms with Crippen molar-refractivity contribution in [3.05, 3.63) is 29.8 Å². The van der Waals surface area contributed by atoms with Crippen LogP contribution in [0.15, 0.2) is 24.3 Å². The van der Waals surface area contributed by atoms with Crippen LogP contribution in [0.3, 0.4) is 0 Å². The largest absolute Gasteiger partial charge is 0.350 e. The first-order chi connectivity index (χ1) is 9.93. The Labute approximate surface area is 123 Å². The second-order valence-electron chi connectivity index (χ2n) is 6.80. The smallest absolute Gasteiger partial charge is 0.247 e. The Hall–Kier alpha value is -2.10. The van der Waals surface area contributed by atoms with E-state index in [2.05, 4.69) is 36.2 Å². The van der Waals surface area contributed by atoms with Crippen LogP contribution in [0.1, 0.15) is 26.3 Å². The zero-order chi connectivity index (χ0) is 14.9. The molecule has 1 aromatic carbocycles. The third kappa shape index (κ3) is 1.40. The van der Waals surface area contributed by atoms with Crippen molar-refractivity contribution in [2.75, 3.05) is 10.2 Å². The first kappa shape index (κ1) is 12.6. The monoisotopic (exact) mass is 282 g/mol.